The predicted molar refractivity (Wildman–Crippen MR) is 83.1 cm³/mol. The first-order valence-electron chi connectivity index (χ1n) is 6.92. The molecule has 5 N–H and O–H groups in total. The van der Waals surface area contributed by atoms with Crippen LogP contribution >= 0.6 is 0 Å². The fourth-order valence-corrected chi connectivity index (χ4v) is 1.70. The van der Waals surface area contributed by atoms with Crippen LogP contribution in [0, 0.1) is 12.3 Å². The van der Waals surface area contributed by atoms with Gasteiger partial charge in [0.15, 0.2) is 0 Å². The third-order valence-corrected chi connectivity index (χ3v) is 2.64. The van der Waals surface area contributed by atoms with Crippen LogP contribution in [0.15, 0.2) is 24.5 Å². The highest BCUT2D eigenvalue weighted by atomic mass is 15.2. The Morgan fingerprint density at radius 2 is 1.95 bits per heavy atom. The second kappa shape index (κ2) is 7.99. The molecule has 20 heavy (non-hydrogen) atoms. The van der Waals surface area contributed by atoms with E-state index in [1.165, 1.54) is 5.56 Å². The molecule has 0 bridgehead atoms. The van der Waals surface area contributed by atoms with Crippen molar-refractivity contribution in [1.82, 2.24) is 20.7 Å². The van der Waals surface area contributed by atoms with Crippen molar-refractivity contribution >= 4 is 0 Å². The van der Waals surface area contributed by atoms with E-state index < -0.39 is 0 Å². The number of nitrogens with zero attached hydrogens (tertiary/aromatic N) is 1. The van der Waals surface area contributed by atoms with Gasteiger partial charge in [-0.3, -0.25) is 16.3 Å². The topological polar surface area (TPSA) is 78.8 Å². The van der Waals surface area contributed by atoms with Gasteiger partial charge < -0.3 is 10.3 Å². The predicted octanol–water partition coefficient (Wildman–Crippen LogP) is 1.94. The molecule has 1 rings (SSSR count). The van der Waals surface area contributed by atoms with Crippen LogP contribution in [0.25, 0.3) is 0 Å². The maximum Gasteiger partial charge on any atom is 0.0718 e. The molecule has 1 aromatic heterocycles. The Kier molecular flexibility index (Phi) is 6.64. The fourth-order valence-electron chi connectivity index (χ4n) is 1.70. The van der Waals surface area contributed by atoms with E-state index in [4.69, 9.17) is 5.84 Å². The van der Waals surface area contributed by atoms with Gasteiger partial charge in [-0.05, 0) is 24.0 Å². The Hall–Kier alpha value is -1.43. The summed E-state index contributed by atoms with van der Waals surface area (Å²) in [5, 5.41) is 3.46. The maximum absolute atomic E-state index is 5.34. The minimum absolute atomic E-state index is 0.285. The number of aromatic nitrogens is 2. The highest BCUT2D eigenvalue weighted by molar-refractivity contribution is 5.11. The highest BCUT2D eigenvalue weighted by Crippen LogP contribution is 2.10. The zero-order chi connectivity index (χ0) is 15.0. The average Bonchev–Trinajstić information content (AvgIpc) is 2.40. The number of nitrogens with two attached hydrogens (primary N) is 1. The maximum atomic E-state index is 5.34. The summed E-state index contributed by atoms with van der Waals surface area (Å²) in [6.45, 7) is 11.0. The van der Waals surface area contributed by atoms with Gasteiger partial charge in [0, 0.05) is 31.2 Å². The first-order valence-corrected chi connectivity index (χ1v) is 6.92. The molecule has 0 saturated heterocycles. The summed E-state index contributed by atoms with van der Waals surface area (Å²) < 4.78 is 0. The van der Waals surface area contributed by atoms with Crippen molar-refractivity contribution in [2.24, 2.45) is 11.3 Å². The first kappa shape index (κ1) is 16.6. The van der Waals surface area contributed by atoms with E-state index in [2.05, 4.69) is 47.5 Å². The van der Waals surface area contributed by atoms with Crippen LogP contribution in [0.4, 0.5) is 0 Å². The molecule has 0 aliphatic rings. The monoisotopic (exact) mass is 277 g/mol. The normalized spacial score (nSPS) is 11.2. The van der Waals surface area contributed by atoms with E-state index in [-0.39, 0.29) is 5.41 Å². The second-order valence-electron chi connectivity index (χ2n) is 6.15. The number of aromatic amines is 1. The summed E-state index contributed by atoms with van der Waals surface area (Å²) >= 11 is 0. The molecule has 5 heteroatoms. The minimum atomic E-state index is 0.285. The van der Waals surface area contributed by atoms with Gasteiger partial charge in [-0.25, -0.2) is 0 Å². The van der Waals surface area contributed by atoms with Gasteiger partial charge >= 0.3 is 0 Å². The van der Waals surface area contributed by atoms with E-state index in [1.54, 1.807) is 0 Å². The summed E-state index contributed by atoms with van der Waals surface area (Å²) in [5.41, 5.74) is 5.91. The van der Waals surface area contributed by atoms with Crippen LogP contribution in [-0.4, -0.2) is 16.5 Å². The van der Waals surface area contributed by atoms with Gasteiger partial charge in [-0.2, -0.15) is 0 Å². The van der Waals surface area contributed by atoms with Crippen LogP contribution in [0.5, 0.6) is 0 Å². The Balaban J connectivity index is 2.83. The molecule has 0 atom stereocenters. The standard InChI is InChI=1S/C15H27N5/c1-12-5-6-13(8-18-11-15(2,3)4)7-17-9-14(20-12)10-19-16/h5-7,9,17-19H,8,10-11,16H2,1-4H3. The molecule has 0 aromatic carbocycles. The second-order valence-corrected chi connectivity index (χ2v) is 6.15. The average molecular weight is 277 g/mol. The van der Waals surface area contributed by atoms with E-state index in [1.807, 2.05) is 25.4 Å². The van der Waals surface area contributed by atoms with Crippen molar-refractivity contribution < 1.29 is 0 Å². The number of H-pyrrole nitrogens is 1. The number of hydrogen-bond donors (Lipinski definition) is 4. The molecule has 0 spiro atoms. The van der Waals surface area contributed by atoms with Gasteiger partial charge in [0.2, 0.25) is 0 Å². The van der Waals surface area contributed by atoms with Crippen molar-refractivity contribution in [3.63, 3.8) is 0 Å². The van der Waals surface area contributed by atoms with Crippen LogP contribution in [0.1, 0.15) is 37.7 Å². The lowest BCUT2D eigenvalue weighted by atomic mass is 9.97. The zero-order valence-electron chi connectivity index (χ0n) is 13.0. The summed E-state index contributed by atoms with van der Waals surface area (Å²) in [4.78, 5) is 7.63. The lowest BCUT2D eigenvalue weighted by Gasteiger charge is -2.18. The van der Waals surface area contributed by atoms with E-state index >= 15 is 0 Å². The molecule has 0 aliphatic heterocycles. The molecular weight excluding hydrogens is 250 g/mol. The summed E-state index contributed by atoms with van der Waals surface area (Å²) in [7, 11) is 0. The van der Waals surface area contributed by atoms with Crippen molar-refractivity contribution in [1.29, 1.82) is 0 Å². The SMILES string of the molecule is Cc1ccc(CNCC(C)(C)C)c[nH]cc(CNN)n1. The number of nitrogens with one attached hydrogen (secondary N) is 3. The summed E-state index contributed by atoms with van der Waals surface area (Å²) in [5.74, 6) is 5.34. The van der Waals surface area contributed by atoms with Crippen LogP contribution < -0.4 is 16.6 Å². The van der Waals surface area contributed by atoms with Crippen molar-refractivity contribution in [3.8, 4) is 0 Å². The first-order chi connectivity index (χ1) is 9.40. The van der Waals surface area contributed by atoms with Gasteiger partial charge in [-0.15, -0.1) is 0 Å². The fraction of sp³-hybridized carbons (Fsp3) is 0.533. The molecular formula is C15H27N5. The van der Waals surface area contributed by atoms with Crippen LogP contribution in [0.3, 0.4) is 0 Å². The van der Waals surface area contributed by atoms with Gasteiger partial charge in [0.25, 0.3) is 0 Å². The molecule has 0 fully saturated rings. The molecule has 0 aliphatic carbocycles. The van der Waals surface area contributed by atoms with E-state index in [0.29, 0.717) is 6.54 Å². The summed E-state index contributed by atoms with van der Waals surface area (Å²) in [6.07, 6.45) is 3.84. The molecule has 1 aromatic rings. The lowest BCUT2D eigenvalue weighted by molar-refractivity contribution is 0.379. The van der Waals surface area contributed by atoms with Crippen molar-refractivity contribution in [2.45, 2.75) is 40.8 Å². The Morgan fingerprint density at radius 3 is 2.60 bits per heavy atom. The Bertz CT molecular complexity index is 458. The molecule has 0 radical (unpaired) electrons. The quantitative estimate of drug-likeness (QED) is 0.490. The third-order valence-electron chi connectivity index (χ3n) is 2.64. The zero-order valence-corrected chi connectivity index (χ0v) is 13.0. The van der Waals surface area contributed by atoms with Gasteiger partial charge in [-0.1, -0.05) is 26.8 Å². The largest absolute Gasteiger partial charge is 0.366 e. The van der Waals surface area contributed by atoms with Gasteiger partial charge in [0.05, 0.1) is 12.2 Å². The number of rotatable bonds is 5. The molecule has 0 amide bonds. The molecule has 112 valence electrons. The minimum Gasteiger partial charge on any atom is -0.366 e. The molecule has 1 heterocycles. The highest BCUT2D eigenvalue weighted by Gasteiger charge is 2.08. The van der Waals surface area contributed by atoms with Gasteiger partial charge in [0.1, 0.15) is 0 Å². The van der Waals surface area contributed by atoms with Crippen molar-refractivity contribution in [3.05, 3.63) is 41.5 Å². The van der Waals surface area contributed by atoms with Crippen LogP contribution in [-0.2, 0) is 13.1 Å². The van der Waals surface area contributed by atoms with Crippen molar-refractivity contribution in [2.75, 3.05) is 6.54 Å². The Morgan fingerprint density at radius 1 is 1.20 bits per heavy atom. The smallest absolute Gasteiger partial charge is 0.0718 e. The molecule has 5 nitrogen and oxygen atoms in total. The number of hydrogen-bond acceptors (Lipinski definition) is 4. The number of hydrazine groups is 1. The summed E-state index contributed by atoms with van der Waals surface area (Å²) in [6, 6.07) is 4.09. The molecule has 0 unspecified atom stereocenters. The third kappa shape index (κ3) is 7.23. The van der Waals surface area contributed by atoms with E-state index in [0.717, 1.165) is 24.5 Å². The molecule has 0 saturated carbocycles. The van der Waals surface area contributed by atoms with E-state index in [9.17, 15) is 0 Å². The number of aryl methyl sites for hydroxylation is 1. The van der Waals surface area contributed by atoms with Crippen LogP contribution in [0.2, 0.25) is 0 Å². The lowest BCUT2D eigenvalue weighted by Crippen LogP contribution is -2.26. The Labute approximate surface area is 121 Å².